The molecule has 17 heavy (non-hydrogen) atoms. The number of hydrogen-bond acceptors (Lipinski definition) is 4. The molecule has 1 aromatic rings. The van der Waals surface area contributed by atoms with Crippen molar-refractivity contribution in [2.75, 3.05) is 18.9 Å². The van der Waals surface area contributed by atoms with E-state index in [-0.39, 0.29) is 16.1 Å². The summed E-state index contributed by atoms with van der Waals surface area (Å²) in [4.78, 5) is 4.95. The quantitative estimate of drug-likeness (QED) is 0.806. The van der Waals surface area contributed by atoms with E-state index >= 15 is 0 Å². The fourth-order valence-electron chi connectivity index (χ4n) is 1.64. The summed E-state index contributed by atoms with van der Waals surface area (Å²) in [5, 5.41) is 0. The smallest absolute Gasteiger partial charge is 0.265 e. The number of aryl methyl sites for hydroxylation is 1. The molecule has 7 heteroatoms. The molecular weight excluding hydrogens is 247 g/mol. The predicted octanol–water partition coefficient (Wildman–Crippen LogP) is 1.04. The summed E-state index contributed by atoms with van der Waals surface area (Å²) in [6.45, 7) is 2.14. The van der Waals surface area contributed by atoms with Crippen molar-refractivity contribution >= 4 is 15.7 Å². The van der Waals surface area contributed by atoms with Crippen LogP contribution in [0.4, 0.5) is 10.1 Å². The van der Waals surface area contributed by atoms with Crippen LogP contribution in [0.25, 0.3) is 0 Å². The monoisotopic (exact) mass is 260 g/mol. The molecule has 2 N–H and O–H groups in total. The lowest BCUT2D eigenvalue weighted by molar-refractivity contribution is -0.0284. The second-order valence-electron chi connectivity index (χ2n) is 3.86. The Bertz CT molecular complexity index is 515. The minimum Gasteiger partial charge on any atom is -0.396 e. The molecule has 1 aliphatic rings. The first-order valence-electron chi connectivity index (χ1n) is 5.14. The highest BCUT2D eigenvalue weighted by Gasteiger charge is 2.29. The second-order valence-corrected chi connectivity index (χ2v) is 5.69. The number of hydrogen-bond donors (Lipinski definition) is 1. The molecule has 0 spiro atoms. The van der Waals surface area contributed by atoms with Crippen LogP contribution in [0.3, 0.4) is 0 Å². The zero-order chi connectivity index (χ0) is 12.6. The van der Waals surface area contributed by atoms with E-state index in [0.717, 1.165) is 10.5 Å². The molecule has 1 heterocycles. The summed E-state index contributed by atoms with van der Waals surface area (Å²) in [5.41, 5.74) is 5.44. The van der Waals surface area contributed by atoms with Crippen molar-refractivity contribution in [1.82, 2.24) is 4.47 Å². The van der Waals surface area contributed by atoms with Crippen molar-refractivity contribution < 1.29 is 17.6 Å². The Morgan fingerprint density at radius 3 is 2.71 bits per heavy atom. The molecule has 2 rings (SSSR count). The van der Waals surface area contributed by atoms with Crippen LogP contribution in [0, 0.1) is 12.7 Å². The number of hydroxylamine groups is 1. The van der Waals surface area contributed by atoms with E-state index < -0.39 is 15.8 Å². The third-order valence-corrected chi connectivity index (χ3v) is 4.20. The molecule has 0 radical (unpaired) electrons. The standard InChI is InChI=1S/C10H13FN2O3S/c1-7-5-8(6-9(12)10(7)11)17(14,15)13-3-2-4-16-13/h5-6H,2-4,12H2,1H3. The molecule has 0 bridgehead atoms. The van der Waals surface area contributed by atoms with E-state index in [0.29, 0.717) is 19.6 Å². The average Bonchev–Trinajstić information content (AvgIpc) is 2.79. The third-order valence-electron chi connectivity index (χ3n) is 2.54. The van der Waals surface area contributed by atoms with Gasteiger partial charge in [0.1, 0.15) is 5.82 Å². The highest BCUT2D eigenvalue weighted by atomic mass is 32.2. The molecule has 94 valence electrons. The molecule has 1 aromatic carbocycles. The van der Waals surface area contributed by atoms with Gasteiger partial charge in [0, 0.05) is 6.54 Å². The van der Waals surface area contributed by atoms with Crippen LogP contribution < -0.4 is 5.73 Å². The fraction of sp³-hybridized carbons (Fsp3) is 0.400. The van der Waals surface area contributed by atoms with Gasteiger partial charge in [0.2, 0.25) is 0 Å². The van der Waals surface area contributed by atoms with Crippen molar-refractivity contribution in [2.24, 2.45) is 0 Å². The van der Waals surface area contributed by atoms with Gasteiger partial charge in [-0.1, -0.05) is 4.47 Å². The maximum atomic E-state index is 13.3. The number of sulfonamides is 1. The lowest BCUT2D eigenvalue weighted by Crippen LogP contribution is -2.27. The van der Waals surface area contributed by atoms with E-state index in [1.807, 2.05) is 0 Å². The highest BCUT2D eigenvalue weighted by Crippen LogP contribution is 2.25. The average molecular weight is 260 g/mol. The molecule has 0 atom stereocenters. The first kappa shape index (κ1) is 12.3. The summed E-state index contributed by atoms with van der Waals surface area (Å²) in [6.07, 6.45) is 0.648. The number of benzene rings is 1. The molecule has 1 saturated heterocycles. The molecule has 0 aromatic heterocycles. The SMILES string of the molecule is Cc1cc(S(=O)(=O)N2CCCO2)cc(N)c1F. The van der Waals surface area contributed by atoms with Gasteiger partial charge in [0.25, 0.3) is 10.0 Å². The molecule has 0 aliphatic carbocycles. The Kier molecular flexibility index (Phi) is 3.07. The van der Waals surface area contributed by atoms with E-state index in [9.17, 15) is 12.8 Å². The lowest BCUT2D eigenvalue weighted by atomic mass is 10.2. The topological polar surface area (TPSA) is 72.6 Å². The minimum atomic E-state index is -3.74. The van der Waals surface area contributed by atoms with Crippen LogP contribution >= 0.6 is 0 Å². The van der Waals surface area contributed by atoms with Gasteiger partial charge in [-0.25, -0.2) is 12.8 Å². The van der Waals surface area contributed by atoms with E-state index in [4.69, 9.17) is 10.6 Å². The first-order chi connectivity index (χ1) is 7.93. The largest absolute Gasteiger partial charge is 0.396 e. The molecular formula is C10H13FN2O3S. The van der Waals surface area contributed by atoms with E-state index in [1.165, 1.54) is 13.0 Å². The zero-order valence-corrected chi connectivity index (χ0v) is 10.1. The summed E-state index contributed by atoms with van der Waals surface area (Å²) < 4.78 is 38.4. The summed E-state index contributed by atoms with van der Waals surface area (Å²) in [5.74, 6) is -0.591. The Hall–Kier alpha value is -1.18. The Morgan fingerprint density at radius 2 is 2.18 bits per heavy atom. The van der Waals surface area contributed by atoms with Gasteiger partial charge >= 0.3 is 0 Å². The van der Waals surface area contributed by atoms with Crippen LogP contribution in [-0.4, -0.2) is 26.0 Å². The number of rotatable bonds is 2. The van der Waals surface area contributed by atoms with Gasteiger partial charge in [-0.2, -0.15) is 0 Å². The van der Waals surface area contributed by atoms with Crippen LogP contribution in [0.5, 0.6) is 0 Å². The van der Waals surface area contributed by atoms with Gasteiger partial charge in [0.15, 0.2) is 0 Å². The summed E-state index contributed by atoms with van der Waals surface area (Å²) in [6, 6.07) is 2.36. The van der Waals surface area contributed by atoms with Gasteiger partial charge in [0.05, 0.1) is 17.2 Å². The molecule has 1 fully saturated rings. The van der Waals surface area contributed by atoms with Crippen LogP contribution in [0.1, 0.15) is 12.0 Å². The maximum Gasteiger partial charge on any atom is 0.265 e. The van der Waals surface area contributed by atoms with Crippen LogP contribution in [-0.2, 0) is 14.9 Å². The number of nitrogens with zero attached hydrogens (tertiary/aromatic N) is 1. The molecule has 0 saturated carbocycles. The number of nitrogen functional groups attached to an aromatic ring is 1. The highest BCUT2D eigenvalue weighted by molar-refractivity contribution is 7.89. The third kappa shape index (κ3) is 2.13. The Labute approximate surface area is 99.0 Å². The first-order valence-corrected chi connectivity index (χ1v) is 6.58. The molecule has 0 amide bonds. The number of halogens is 1. The molecule has 0 unspecified atom stereocenters. The Balaban J connectivity index is 2.46. The number of anilines is 1. The van der Waals surface area contributed by atoms with Gasteiger partial charge in [-0.3, -0.25) is 4.84 Å². The van der Waals surface area contributed by atoms with E-state index in [2.05, 4.69) is 0 Å². The van der Waals surface area contributed by atoms with Crippen LogP contribution in [0.2, 0.25) is 0 Å². The lowest BCUT2D eigenvalue weighted by Gasteiger charge is -2.15. The number of nitrogens with two attached hydrogens (primary N) is 1. The van der Waals surface area contributed by atoms with Crippen LogP contribution in [0.15, 0.2) is 17.0 Å². The summed E-state index contributed by atoms with van der Waals surface area (Å²) in [7, 11) is -3.74. The normalized spacial score (nSPS) is 17.5. The minimum absolute atomic E-state index is 0.0456. The zero-order valence-electron chi connectivity index (χ0n) is 9.31. The van der Waals surface area contributed by atoms with Gasteiger partial charge < -0.3 is 5.73 Å². The van der Waals surface area contributed by atoms with E-state index in [1.54, 1.807) is 0 Å². The van der Waals surface area contributed by atoms with Crippen molar-refractivity contribution in [1.29, 1.82) is 0 Å². The maximum absolute atomic E-state index is 13.3. The predicted molar refractivity (Wildman–Crippen MR) is 60.0 cm³/mol. The second kappa shape index (κ2) is 4.25. The van der Waals surface area contributed by atoms with Gasteiger partial charge in [-0.15, -0.1) is 0 Å². The van der Waals surface area contributed by atoms with Crippen molar-refractivity contribution in [2.45, 2.75) is 18.2 Å². The Morgan fingerprint density at radius 1 is 1.47 bits per heavy atom. The van der Waals surface area contributed by atoms with Crippen molar-refractivity contribution in [3.8, 4) is 0 Å². The van der Waals surface area contributed by atoms with Gasteiger partial charge in [-0.05, 0) is 31.0 Å². The molecule has 5 nitrogen and oxygen atoms in total. The fourth-order valence-corrected chi connectivity index (χ4v) is 3.06. The molecule has 1 aliphatic heterocycles. The van der Waals surface area contributed by atoms with Crippen molar-refractivity contribution in [3.05, 3.63) is 23.5 Å². The van der Waals surface area contributed by atoms with Crippen molar-refractivity contribution in [3.63, 3.8) is 0 Å². The summed E-state index contributed by atoms with van der Waals surface area (Å²) >= 11 is 0.